The molecule has 0 aromatic heterocycles. The van der Waals surface area contributed by atoms with E-state index >= 15 is 0 Å². The zero-order valence-corrected chi connectivity index (χ0v) is 33.1. The van der Waals surface area contributed by atoms with E-state index in [0.717, 1.165) is 0 Å². The Labute approximate surface area is 308 Å². The molecule has 18 atom stereocenters. The Morgan fingerprint density at radius 2 is 1.52 bits per heavy atom. The second-order valence-corrected chi connectivity index (χ2v) is 16.5. The summed E-state index contributed by atoms with van der Waals surface area (Å²) in [7, 11) is 5.08. The summed E-state index contributed by atoms with van der Waals surface area (Å²) in [5, 5.41) is 67.7. The minimum absolute atomic E-state index is 0.0114. The van der Waals surface area contributed by atoms with Crippen LogP contribution >= 0.6 is 0 Å². The minimum Gasteiger partial charge on any atom is -0.459 e. The van der Waals surface area contributed by atoms with Crippen molar-refractivity contribution in [3.8, 4) is 0 Å². The summed E-state index contributed by atoms with van der Waals surface area (Å²) >= 11 is 0. The molecule has 0 radical (unpaired) electrons. The number of carbonyl (C=O) groups is 2. The van der Waals surface area contributed by atoms with E-state index in [-0.39, 0.29) is 31.4 Å². The number of cyclic esters (lactones) is 1. The summed E-state index contributed by atoms with van der Waals surface area (Å²) < 4.78 is 36.8. The summed E-state index contributed by atoms with van der Waals surface area (Å²) in [5.74, 6) is -5.22. The van der Waals surface area contributed by atoms with Crippen LogP contribution in [0.15, 0.2) is 0 Å². The van der Waals surface area contributed by atoms with Gasteiger partial charge in [0.15, 0.2) is 12.6 Å². The molecule has 0 spiro atoms. The number of hydrogen-bond acceptors (Lipinski definition) is 15. The molecule has 0 saturated carbocycles. The molecule has 0 aromatic carbocycles. The molecule has 3 heterocycles. The molecule has 6 N–H and O–H groups in total. The summed E-state index contributed by atoms with van der Waals surface area (Å²) in [6, 6.07) is -0.348. The molecule has 304 valence electrons. The topological polar surface area (TPSA) is 214 Å². The third-order valence-corrected chi connectivity index (χ3v) is 11.9. The number of aliphatic hydroxyl groups is 6. The maximum Gasteiger partial charge on any atom is 0.311 e. The number of nitrogens with zero attached hydrogens (tertiary/aromatic N) is 1. The predicted molar refractivity (Wildman–Crippen MR) is 188 cm³/mol. The fourth-order valence-electron chi connectivity index (χ4n) is 8.41. The van der Waals surface area contributed by atoms with E-state index in [4.69, 9.17) is 28.4 Å². The lowest BCUT2D eigenvalue weighted by atomic mass is 9.74. The van der Waals surface area contributed by atoms with Gasteiger partial charge in [-0.25, -0.2) is 0 Å². The highest BCUT2D eigenvalue weighted by Gasteiger charge is 2.54. The molecule has 15 heteroatoms. The molecule has 0 bridgehead atoms. The Bertz CT molecular complexity index is 1190. The molecule has 3 aliphatic heterocycles. The van der Waals surface area contributed by atoms with Crippen LogP contribution in [0.5, 0.6) is 0 Å². The molecule has 52 heavy (non-hydrogen) atoms. The summed E-state index contributed by atoms with van der Waals surface area (Å²) in [5.41, 5.74) is -5.07. The number of ether oxygens (including phenoxy) is 6. The van der Waals surface area contributed by atoms with Crippen molar-refractivity contribution in [3.05, 3.63) is 0 Å². The van der Waals surface area contributed by atoms with Crippen molar-refractivity contribution in [3.63, 3.8) is 0 Å². The highest BCUT2D eigenvalue weighted by molar-refractivity contribution is 5.83. The summed E-state index contributed by atoms with van der Waals surface area (Å²) in [6.45, 7) is 13.8. The lowest BCUT2D eigenvalue weighted by molar-refractivity contribution is -0.321. The number of methoxy groups -OCH3 is 1. The Hall–Kier alpha value is -1.34. The van der Waals surface area contributed by atoms with Gasteiger partial charge in [-0.1, -0.05) is 27.7 Å². The van der Waals surface area contributed by atoms with E-state index in [0.29, 0.717) is 6.42 Å². The average molecular weight is 750 g/mol. The van der Waals surface area contributed by atoms with E-state index in [9.17, 15) is 40.2 Å². The van der Waals surface area contributed by atoms with Gasteiger partial charge in [-0.15, -0.1) is 0 Å². The van der Waals surface area contributed by atoms with Gasteiger partial charge in [0.2, 0.25) is 0 Å². The second-order valence-electron chi connectivity index (χ2n) is 16.5. The Morgan fingerprint density at radius 1 is 0.904 bits per heavy atom. The van der Waals surface area contributed by atoms with Gasteiger partial charge >= 0.3 is 5.97 Å². The van der Waals surface area contributed by atoms with Crippen LogP contribution in [-0.2, 0) is 38.0 Å². The van der Waals surface area contributed by atoms with Crippen LogP contribution in [0.3, 0.4) is 0 Å². The van der Waals surface area contributed by atoms with Gasteiger partial charge in [0.25, 0.3) is 0 Å². The van der Waals surface area contributed by atoms with Gasteiger partial charge in [0.05, 0.1) is 48.1 Å². The number of rotatable bonds is 8. The first-order chi connectivity index (χ1) is 24.0. The van der Waals surface area contributed by atoms with Gasteiger partial charge < -0.3 is 64.0 Å². The molecule has 0 amide bonds. The zero-order valence-electron chi connectivity index (χ0n) is 33.1. The number of ketones is 1. The smallest absolute Gasteiger partial charge is 0.311 e. The molecular formula is C37H67NO14. The third kappa shape index (κ3) is 9.54. The fourth-order valence-corrected chi connectivity index (χ4v) is 8.41. The summed E-state index contributed by atoms with van der Waals surface area (Å²) in [6.07, 6.45) is -11.0. The maximum atomic E-state index is 14.1. The van der Waals surface area contributed by atoms with Crippen molar-refractivity contribution < 1.29 is 68.6 Å². The molecule has 0 aromatic rings. The summed E-state index contributed by atoms with van der Waals surface area (Å²) in [4.78, 5) is 29.8. The fraction of sp³-hybridized carbons (Fsp3) is 0.946. The monoisotopic (exact) mass is 749 g/mol. The second kappa shape index (κ2) is 17.6. The first-order valence-corrected chi connectivity index (χ1v) is 18.6. The van der Waals surface area contributed by atoms with E-state index < -0.39 is 114 Å². The van der Waals surface area contributed by atoms with Gasteiger partial charge in [-0.2, -0.15) is 0 Å². The lowest BCUT2D eigenvalue weighted by Crippen LogP contribution is -2.61. The quantitative estimate of drug-likeness (QED) is 0.189. The van der Waals surface area contributed by atoms with Crippen LogP contribution in [0.2, 0.25) is 0 Å². The molecule has 0 aliphatic carbocycles. The Balaban J connectivity index is 2.19. The van der Waals surface area contributed by atoms with Crippen molar-refractivity contribution in [2.45, 2.75) is 172 Å². The van der Waals surface area contributed by atoms with E-state index in [1.165, 1.54) is 27.9 Å². The van der Waals surface area contributed by atoms with Crippen LogP contribution in [0, 0.1) is 23.7 Å². The van der Waals surface area contributed by atoms with Crippen LogP contribution in [0.25, 0.3) is 0 Å². The molecule has 3 aliphatic rings. The van der Waals surface area contributed by atoms with E-state index in [1.807, 2.05) is 25.9 Å². The maximum absolute atomic E-state index is 14.1. The number of esters is 1. The Kier molecular flexibility index (Phi) is 15.3. The lowest BCUT2D eigenvalue weighted by Gasteiger charge is -2.49. The first-order valence-electron chi connectivity index (χ1n) is 18.6. The van der Waals surface area contributed by atoms with Crippen molar-refractivity contribution >= 4 is 11.8 Å². The van der Waals surface area contributed by atoms with Crippen molar-refractivity contribution in [2.24, 2.45) is 23.7 Å². The van der Waals surface area contributed by atoms with Crippen LogP contribution < -0.4 is 0 Å². The van der Waals surface area contributed by atoms with Crippen molar-refractivity contribution in [1.82, 2.24) is 4.90 Å². The SMILES string of the molecule is CC[C@H]1OC(=O)[C@H](C)[C@@H](O[C@H]2C[C@@](C)(OC)[C@@H](O)[C@H](CO)O2)[C@H](C)[C@@H](O[C@@H]2O[C@H](C)C[C@H](N(C)C)[C@H]2O)[C@](C)(O)C[C@@H](C)C(=O)[C@H](C)[C@@H](O)[C@]1(C)O. The number of carbonyl (C=O) groups excluding carboxylic acids is 2. The first kappa shape index (κ1) is 45.1. The molecule has 15 nitrogen and oxygen atoms in total. The molecule has 3 fully saturated rings. The number of likely N-dealkylation sites (N-methyl/N-ethyl adjacent to an activating group) is 1. The highest BCUT2D eigenvalue weighted by Crippen LogP contribution is 2.40. The van der Waals surface area contributed by atoms with Crippen molar-refractivity contribution in [2.75, 3.05) is 27.8 Å². The van der Waals surface area contributed by atoms with Crippen LogP contribution in [-0.4, -0.2) is 159 Å². The Morgan fingerprint density at radius 3 is 2.06 bits per heavy atom. The molecular weight excluding hydrogens is 682 g/mol. The molecule has 3 saturated heterocycles. The number of hydrogen-bond donors (Lipinski definition) is 6. The van der Waals surface area contributed by atoms with E-state index in [2.05, 4.69) is 0 Å². The van der Waals surface area contributed by atoms with Gasteiger partial charge in [-0.3, -0.25) is 9.59 Å². The minimum atomic E-state index is -2.02. The van der Waals surface area contributed by atoms with Gasteiger partial charge in [0.1, 0.15) is 35.8 Å². The van der Waals surface area contributed by atoms with Gasteiger partial charge in [0, 0.05) is 37.3 Å². The number of aliphatic hydroxyl groups excluding tert-OH is 4. The molecule has 0 unspecified atom stereocenters. The highest BCUT2D eigenvalue weighted by atomic mass is 16.7. The average Bonchev–Trinajstić information content (AvgIpc) is 3.08. The standard InChI is InChI=1S/C37H67NO14/c1-13-25-37(9,46)30(42)20(4)27(40)18(2)15-35(7,45)32(52-34-28(41)23(38(10)11)14-19(3)48-34)21(5)29(22(6)33(44)50-25)51-26-16-36(8,47-12)31(43)24(17-39)49-26/h18-26,28-32,34,39,41-43,45-46H,13-17H2,1-12H3/t18-,19-,20+,21+,22-,23+,24+,25-,26+,28-,29+,30-,31+,32-,34+,35-,36-,37-/m1/s1. The van der Waals surface area contributed by atoms with Crippen molar-refractivity contribution in [1.29, 1.82) is 0 Å². The number of Topliss-reactive ketones (excluding diaryl/α,β-unsaturated/α-hetero) is 1. The van der Waals surface area contributed by atoms with Crippen LogP contribution in [0.1, 0.15) is 88.0 Å². The van der Waals surface area contributed by atoms with E-state index in [1.54, 1.807) is 34.6 Å². The predicted octanol–water partition coefficient (Wildman–Crippen LogP) is 0.758. The third-order valence-electron chi connectivity index (χ3n) is 11.9. The largest absolute Gasteiger partial charge is 0.459 e. The molecule has 3 rings (SSSR count). The van der Waals surface area contributed by atoms with Gasteiger partial charge in [-0.05, 0) is 68.0 Å². The zero-order chi connectivity index (χ0) is 39.7. The normalized spacial score (nSPS) is 49.0. The van der Waals surface area contributed by atoms with Crippen LogP contribution in [0.4, 0.5) is 0 Å².